The second-order valence-corrected chi connectivity index (χ2v) is 3.17. The Hall–Kier alpha value is -0.170. The van der Waals surface area contributed by atoms with Gasteiger partial charge in [-0.25, -0.2) is 4.72 Å². The van der Waals surface area contributed by atoms with Crippen LogP contribution in [0.4, 0.5) is 0 Å². The van der Waals surface area contributed by atoms with Crippen LogP contribution in [0.3, 0.4) is 0 Å². The van der Waals surface area contributed by atoms with E-state index in [-0.39, 0.29) is 0 Å². The second-order valence-electron chi connectivity index (χ2n) is 1.30. The Morgan fingerprint density at radius 1 is 1.56 bits per heavy atom. The van der Waals surface area contributed by atoms with E-state index in [1.54, 1.807) is 0 Å². The summed E-state index contributed by atoms with van der Waals surface area (Å²) < 4.78 is 24.0. The van der Waals surface area contributed by atoms with Crippen LogP contribution in [-0.2, 0) is 15.0 Å². The summed E-state index contributed by atoms with van der Waals surface area (Å²) >= 11 is 0. The van der Waals surface area contributed by atoms with Crippen LogP contribution in [-0.4, -0.2) is 34.1 Å². The zero-order valence-electron chi connectivity index (χ0n) is 5.58. The zero-order chi connectivity index (χ0) is 7.49. The van der Waals surface area contributed by atoms with Crippen molar-refractivity contribution in [2.45, 2.75) is 0 Å². The van der Waals surface area contributed by atoms with E-state index in [2.05, 4.69) is 9.56 Å². The standard InChI is InChI=1S/C3H10N2O3S/c1-4-9(6,7)5(2)8-3/h4H,1-3H3. The lowest BCUT2D eigenvalue weighted by molar-refractivity contribution is -0.0268. The first-order valence-corrected chi connectivity index (χ1v) is 3.70. The monoisotopic (exact) mass is 154 g/mol. The van der Waals surface area contributed by atoms with Crippen LogP contribution in [0.15, 0.2) is 0 Å². The van der Waals surface area contributed by atoms with E-state index >= 15 is 0 Å². The molecule has 0 bridgehead atoms. The van der Waals surface area contributed by atoms with Crippen LogP contribution in [0.2, 0.25) is 0 Å². The van der Waals surface area contributed by atoms with E-state index in [1.807, 2.05) is 0 Å². The highest BCUT2D eigenvalue weighted by Crippen LogP contribution is 1.89. The van der Waals surface area contributed by atoms with Crippen molar-refractivity contribution in [3.63, 3.8) is 0 Å². The van der Waals surface area contributed by atoms with Gasteiger partial charge in [0, 0.05) is 14.1 Å². The second kappa shape index (κ2) is 3.11. The lowest BCUT2D eigenvalue weighted by Crippen LogP contribution is -2.34. The Morgan fingerprint density at radius 2 is 2.00 bits per heavy atom. The van der Waals surface area contributed by atoms with Crippen LogP contribution >= 0.6 is 0 Å². The van der Waals surface area contributed by atoms with Crippen LogP contribution in [0, 0.1) is 0 Å². The molecular formula is C3H10N2O3S. The molecule has 56 valence electrons. The van der Waals surface area contributed by atoms with Crippen LogP contribution in [0.25, 0.3) is 0 Å². The Morgan fingerprint density at radius 3 is 2.11 bits per heavy atom. The fourth-order valence-electron chi connectivity index (χ4n) is 0.227. The molecule has 1 N–H and O–H groups in total. The molecule has 0 heterocycles. The molecule has 0 aliphatic rings. The lowest BCUT2D eigenvalue weighted by Gasteiger charge is -2.11. The van der Waals surface area contributed by atoms with Crippen LogP contribution in [0.5, 0.6) is 0 Å². The van der Waals surface area contributed by atoms with Gasteiger partial charge in [0.1, 0.15) is 0 Å². The minimum Gasteiger partial charge on any atom is -0.287 e. The van der Waals surface area contributed by atoms with Gasteiger partial charge in [-0.3, -0.25) is 4.84 Å². The van der Waals surface area contributed by atoms with Crippen LogP contribution < -0.4 is 4.72 Å². The SMILES string of the molecule is CNS(=O)(=O)N(C)OC. The lowest BCUT2D eigenvalue weighted by atomic mass is 11.5. The van der Waals surface area contributed by atoms with E-state index in [0.29, 0.717) is 0 Å². The fourth-order valence-corrected chi connectivity index (χ4v) is 0.680. The number of nitrogens with one attached hydrogen (secondary N) is 1. The summed E-state index contributed by atoms with van der Waals surface area (Å²) in [5.74, 6) is 0. The molecule has 0 saturated carbocycles. The highest BCUT2D eigenvalue weighted by Gasteiger charge is 2.12. The fraction of sp³-hybridized carbons (Fsp3) is 1.00. The summed E-state index contributed by atoms with van der Waals surface area (Å²) in [5.41, 5.74) is 0. The molecular weight excluding hydrogens is 144 g/mol. The molecule has 0 aromatic carbocycles. The van der Waals surface area contributed by atoms with Gasteiger partial charge in [-0.15, -0.1) is 0 Å². The molecule has 0 aliphatic carbocycles. The number of hydroxylamine groups is 1. The van der Waals surface area contributed by atoms with Crippen molar-refractivity contribution in [3.8, 4) is 0 Å². The molecule has 9 heavy (non-hydrogen) atoms. The van der Waals surface area contributed by atoms with Crippen LogP contribution in [0.1, 0.15) is 0 Å². The largest absolute Gasteiger partial charge is 0.301 e. The molecule has 0 rings (SSSR count). The van der Waals surface area contributed by atoms with Gasteiger partial charge in [0.15, 0.2) is 0 Å². The predicted octanol–water partition coefficient (Wildman–Crippen LogP) is -1.06. The Labute approximate surface area is 54.7 Å². The molecule has 6 heteroatoms. The maximum atomic E-state index is 10.6. The normalized spacial score (nSPS) is 12.4. The van der Waals surface area contributed by atoms with Crippen molar-refractivity contribution < 1.29 is 13.3 Å². The van der Waals surface area contributed by atoms with Crippen molar-refractivity contribution in [3.05, 3.63) is 0 Å². The van der Waals surface area contributed by atoms with Gasteiger partial charge in [-0.05, 0) is 0 Å². The third-order valence-corrected chi connectivity index (χ3v) is 2.20. The molecule has 0 atom stereocenters. The van der Waals surface area contributed by atoms with Gasteiger partial charge >= 0.3 is 10.2 Å². The van der Waals surface area contributed by atoms with E-state index in [9.17, 15) is 8.42 Å². The van der Waals surface area contributed by atoms with Gasteiger partial charge in [0.05, 0.1) is 7.11 Å². The summed E-state index contributed by atoms with van der Waals surface area (Å²) in [7, 11) is 0.493. The summed E-state index contributed by atoms with van der Waals surface area (Å²) in [4.78, 5) is 4.39. The highest BCUT2D eigenvalue weighted by molar-refractivity contribution is 7.86. The van der Waals surface area contributed by atoms with Crippen molar-refractivity contribution in [1.29, 1.82) is 0 Å². The van der Waals surface area contributed by atoms with E-state index in [4.69, 9.17) is 0 Å². The molecule has 0 aromatic rings. The molecule has 0 unspecified atom stereocenters. The van der Waals surface area contributed by atoms with Crippen molar-refractivity contribution in [1.82, 2.24) is 9.19 Å². The quantitative estimate of drug-likeness (QED) is 0.527. The number of hydrogen-bond acceptors (Lipinski definition) is 3. The maximum Gasteiger partial charge on any atom is 0.301 e. The molecule has 0 spiro atoms. The number of hydrogen-bond donors (Lipinski definition) is 1. The van der Waals surface area contributed by atoms with Gasteiger partial charge in [0.2, 0.25) is 0 Å². The first kappa shape index (κ1) is 8.83. The molecule has 5 nitrogen and oxygen atoms in total. The Bertz CT molecular complexity index is 164. The summed E-state index contributed by atoms with van der Waals surface area (Å²) in [6.45, 7) is 0. The topological polar surface area (TPSA) is 58.6 Å². The maximum absolute atomic E-state index is 10.6. The van der Waals surface area contributed by atoms with Crippen molar-refractivity contribution in [2.75, 3.05) is 21.2 Å². The molecule has 0 fully saturated rings. The molecule has 0 aromatic heterocycles. The van der Waals surface area contributed by atoms with Gasteiger partial charge in [-0.2, -0.15) is 8.42 Å². The minimum atomic E-state index is -3.39. The Kier molecular flexibility index (Phi) is 3.06. The summed E-state index contributed by atoms with van der Waals surface area (Å²) in [6.07, 6.45) is 0. The minimum absolute atomic E-state index is 0.729. The molecule has 0 radical (unpaired) electrons. The average molecular weight is 154 g/mol. The summed E-state index contributed by atoms with van der Waals surface area (Å²) in [6, 6.07) is 0. The van der Waals surface area contributed by atoms with Gasteiger partial charge in [0.25, 0.3) is 0 Å². The van der Waals surface area contributed by atoms with E-state index in [1.165, 1.54) is 21.2 Å². The average Bonchev–Trinajstić information content (AvgIpc) is 1.86. The van der Waals surface area contributed by atoms with Gasteiger partial charge < -0.3 is 0 Å². The first-order valence-electron chi connectivity index (χ1n) is 2.26. The molecule has 0 aliphatic heterocycles. The summed E-state index contributed by atoms with van der Waals surface area (Å²) in [5, 5.41) is 0. The molecule has 0 amide bonds. The molecule has 0 saturated heterocycles. The number of nitrogens with zero attached hydrogens (tertiary/aromatic N) is 1. The van der Waals surface area contributed by atoms with Crippen molar-refractivity contribution >= 4 is 10.2 Å². The smallest absolute Gasteiger partial charge is 0.287 e. The van der Waals surface area contributed by atoms with E-state index < -0.39 is 10.2 Å². The van der Waals surface area contributed by atoms with E-state index in [0.717, 1.165) is 4.47 Å². The van der Waals surface area contributed by atoms with Gasteiger partial charge in [-0.1, -0.05) is 4.47 Å². The highest BCUT2D eigenvalue weighted by atomic mass is 32.2. The third kappa shape index (κ3) is 2.27. The number of rotatable bonds is 3. The predicted molar refractivity (Wildman–Crippen MR) is 32.8 cm³/mol. The zero-order valence-corrected chi connectivity index (χ0v) is 6.40. The van der Waals surface area contributed by atoms with Crippen molar-refractivity contribution in [2.24, 2.45) is 0 Å². The first-order chi connectivity index (χ1) is 4.04. The third-order valence-electron chi connectivity index (χ3n) is 0.854. The Balaban J connectivity index is 4.17.